The van der Waals surface area contributed by atoms with Gasteiger partial charge in [0.2, 0.25) is 0 Å². The molecule has 0 N–H and O–H groups in total. The molecule has 0 radical (unpaired) electrons. The fourth-order valence-electron chi connectivity index (χ4n) is 1.11. The average molecular weight is 189 g/mol. The summed E-state index contributed by atoms with van der Waals surface area (Å²) in [6, 6.07) is 5.42. The largest absolute Gasteiger partial charge is 0.345 e. The molecule has 1 nitrogen and oxygen atoms in total. The second kappa shape index (κ2) is 3.97. The van der Waals surface area contributed by atoms with Crippen molar-refractivity contribution in [2.45, 2.75) is 0 Å². The number of para-hydroxylation sites is 2. The van der Waals surface area contributed by atoms with Gasteiger partial charge >= 0.3 is 0 Å². The van der Waals surface area contributed by atoms with Crippen molar-refractivity contribution in [2.75, 3.05) is 11.9 Å². The lowest BCUT2D eigenvalue weighted by atomic mass is 10.2. The first-order valence-corrected chi connectivity index (χ1v) is 4.20. The maximum atomic E-state index is 7.87. The Kier molecular flexibility index (Phi) is 1.18. The van der Waals surface area contributed by atoms with Crippen LogP contribution in [-0.4, -0.2) is 7.05 Å². The fraction of sp³-hybridized carbons (Fsp3) is 0.0769. The van der Waals surface area contributed by atoms with Gasteiger partial charge < -0.3 is 4.90 Å². The zero-order valence-corrected chi connectivity index (χ0v) is 7.76. The summed E-state index contributed by atoms with van der Waals surface area (Å²) in [7, 11) is 1.57. The first-order valence-electron chi connectivity index (χ1n) is 7.20. The molecule has 0 atom stereocenters. The molecule has 0 aliphatic rings. The van der Waals surface area contributed by atoms with Crippen LogP contribution < -0.4 is 4.90 Å². The van der Waals surface area contributed by atoms with Crippen LogP contribution in [-0.2, 0) is 0 Å². The monoisotopic (exact) mass is 189 g/mol. The van der Waals surface area contributed by atoms with Crippen molar-refractivity contribution >= 4 is 11.4 Å². The Labute approximate surface area is 93.0 Å². The second-order valence-corrected chi connectivity index (χ2v) is 2.74. The van der Waals surface area contributed by atoms with Gasteiger partial charge in [0.05, 0.1) is 8.22 Å². The summed E-state index contributed by atoms with van der Waals surface area (Å²) in [6.07, 6.45) is 0. The van der Waals surface area contributed by atoms with Crippen molar-refractivity contribution in [3.63, 3.8) is 0 Å². The van der Waals surface area contributed by atoms with E-state index in [0.717, 1.165) is 0 Å². The van der Waals surface area contributed by atoms with E-state index in [1.165, 1.54) is 29.2 Å². The molecular weight excluding hydrogens is 170 g/mol. The lowest BCUT2D eigenvalue weighted by molar-refractivity contribution is 1.21. The molecular formula is C13H13N. The van der Waals surface area contributed by atoms with Crippen molar-refractivity contribution < 1.29 is 8.22 Å². The van der Waals surface area contributed by atoms with Gasteiger partial charge in [0.25, 0.3) is 0 Å². The first kappa shape index (κ1) is 4.18. The summed E-state index contributed by atoms with van der Waals surface area (Å²) in [5, 5.41) is 0. The highest BCUT2D eigenvalue weighted by Gasteiger charge is 2.00. The van der Waals surface area contributed by atoms with Crippen LogP contribution in [0.1, 0.15) is 8.22 Å². The molecule has 0 fully saturated rings. The Morgan fingerprint density at radius 3 is 1.57 bits per heavy atom. The minimum absolute atomic E-state index is 0.00116. The van der Waals surface area contributed by atoms with Gasteiger partial charge in [-0.3, -0.25) is 0 Å². The maximum Gasteiger partial charge on any atom is 0.0645 e. The molecule has 0 unspecified atom stereocenters. The Bertz CT molecular complexity index is 566. The van der Waals surface area contributed by atoms with Crippen molar-refractivity contribution in [2.24, 2.45) is 0 Å². The van der Waals surface area contributed by atoms with Crippen LogP contribution in [0.3, 0.4) is 0 Å². The van der Waals surface area contributed by atoms with Crippen molar-refractivity contribution in [3.8, 4) is 0 Å². The maximum absolute atomic E-state index is 7.87. The quantitative estimate of drug-likeness (QED) is 0.699. The predicted molar refractivity (Wildman–Crippen MR) is 60.9 cm³/mol. The van der Waals surface area contributed by atoms with E-state index < -0.39 is 0 Å². The Morgan fingerprint density at radius 2 is 1.21 bits per heavy atom. The van der Waals surface area contributed by atoms with Gasteiger partial charge in [0, 0.05) is 18.4 Å². The van der Waals surface area contributed by atoms with Gasteiger partial charge in [-0.1, -0.05) is 36.4 Å². The number of benzene rings is 2. The molecule has 0 amide bonds. The molecule has 1 heteroatoms. The van der Waals surface area contributed by atoms with E-state index in [2.05, 4.69) is 0 Å². The number of nitrogens with zero attached hydrogens (tertiary/aromatic N) is 1. The Balaban J connectivity index is 2.61. The van der Waals surface area contributed by atoms with E-state index in [-0.39, 0.29) is 47.6 Å². The zero-order valence-electron chi connectivity index (χ0n) is 13.8. The third kappa shape index (κ3) is 1.77. The first-order chi connectivity index (χ1) is 9.31. The van der Waals surface area contributed by atoms with E-state index in [4.69, 9.17) is 8.22 Å². The lowest BCUT2D eigenvalue weighted by Crippen LogP contribution is -2.08. The Morgan fingerprint density at radius 1 is 0.857 bits per heavy atom. The van der Waals surface area contributed by atoms with Gasteiger partial charge in [0.1, 0.15) is 0 Å². The average Bonchev–Trinajstić information content (AvgIpc) is 2.25. The minimum Gasteiger partial charge on any atom is -0.345 e. The number of hydrogen-bond donors (Lipinski definition) is 0. The number of rotatable bonds is 2. The van der Waals surface area contributed by atoms with Crippen molar-refractivity contribution in [1.29, 1.82) is 0 Å². The third-order valence-electron chi connectivity index (χ3n) is 1.84. The van der Waals surface area contributed by atoms with Gasteiger partial charge in [-0.05, 0) is 24.2 Å². The zero-order chi connectivity index (χ0) is 15.0. The molecule has 0 saturated carbocycles. The highest BCUT2D eigenvalue weighted by atomic mass is 15.1. The molecule has 14 heavy (non-hydrogen) atoms. The van der Waals surface area contributed by atoms with Gasteiger partial charge in [-0.15, -0.1) is 0 Å². The molecule has 70 valence electrons. The van der Waals surface area contributed by atoms with E-state index in [1.54, 1.807) is 7.05 Å². The third-order valence-corrected chi connectivity index (χ3v) is 1.84. The van der Waals surface area contributed by atoms with E-state index >= 15 is 0 Å². The molecule has 2 rings (SSSR count). The van der Waals surface area contributed by atoms with Gasteiger partial charge in [-0.25, -0.2) is 0 Å². The summed E-state index contributed by atoms with van der Waals surface area (Å²) in [4.78, 5) is 1.42. The molecule has 0 aromatic heterocycles. The minimum atomic E-state index is -0.00116. The number of anilines is 2. The van der Waals surface area contributed by atoms with Gasteiger partial charge in [-0.2, -0.15) is 0 Å². The fourth-order valence-corrected chi connectivity index (χ4v) is 1.11. The van der Waals surface area contributed by atoms with Crippen LogP contribution in [0.2, 0.25) is 0 Å². The highest BCUT2D eigenvalue weighted by Crippen LogP contribution is 2.21. The molecule has 0 bridgehead atoms. The van der Waals surface area contributed by atoms with Crippen LogP contribution in [0.25, 0.3) is 0 Å². The van der Waals surface area contributed by atoms with Crippen LogP contribution in [0.15, 0.2) is 60.5 Å². The summed E-state index contributed by atoms with van der Waals surface area (Å²) >= 11 is 0. The SMILES string of the molecule is [2H]c1cc([2H])c(N(C)c2c([2H])cc([2H])cc2[2H])c([2H])c1. The van der Waals surface area contributed by atoms with Gasteiger partial charge in [0.15, 0.2) is 0 Å². The van der Waals surface area contributed by atoms with E-state index in [0.29, 0.717) is 0 Å². The normalized spacial score (nSPS) is 15.8. The second-order valence-electron chi connectivity index (χ2n) is 2.74. The smallest absolute Gasteiger partial charge is 0.0645 e. The molecule has 0 heterocycles. The lowest BCUT2D eigenvalue weighted by Gasteiger charge is -2.18. The van der Waals surface area contributed by atoms with Crippen LogP contribution >= 0.6 is 0 Å². The highest BCUT2D eigenvalue weighted by molar-refractivity contribution is 5.61. The van der Waals surface area contributed by atoms with Crippen LogP contribution in [0, 0.1) is 0 Å². The number of hydrogen-bond acceptors (Lipinski definition) is 1. The molecule has 2 aromatic rings. The van der Waals surface area contributed by atoms with E-state index in [9.17, 15) is 0 Å². The summed E-state index contributed by atoms with van der Waals surface area (Å²) in [5.41, 5.74) is 0.474. The van der Waals surface area contributed by atoms with E-state index in [1.807, 2.05) is 0 Å². The van der Waals surface area contributed by atoms with Crippen LogP contribution in [0.5, 0.6) is 0 Å². The van der Waals surface area contributed by atoms with Crippen molar-refractivity contribution in [3.05, 3.63) is 60.5 Å². The summed E-state index contributed by atoms with van der Waals surface area (Å²) < 4.78 is 46.4. The molecule has 2 aromatic carbocycles. The molecule has 0 saturated heterocycles. The topological polar surface area (TPSA) is 3.24 Å². The summed E-state index contributed by atoms with van der Waals surface area (Å²) in [6.45, 7) is 0. The standard InChI is InChI=1S/C13H13N/c1-14(12-8-4-2-5-9-12)13-10-6-3-7-11-13/h2-11H,1H3/i2D,3D,8D,9D,10D,11D. The molecule has 0 aliphatic carbocycles. The predicted octanol–water partition coefficient (Wildman–Crippen LogP) is 3.45. The van der Waals surface area contributed by atoms with Crippen molar-refractivity contribution in [1.82, 2.24) is 0 Å². The van der Waals surface area contributed by atoms with Crippen LogP contribution in [0.4, 0.5) is 11.4 Å². The molecule has 0 spiro atoms. The molecule has 0 aliphatic heterocycles. The Hall–Kier alpha value is -1.76. The summed E-state index contributed by atoms with van der Waals surface area (Å²) in [5.74, 6) is 0.